The van der Waals surface area contributed by atoms with E-state index in [1.165, 1.54) is 4.57 Å². The van der Waals surface area contributed by atoms with Crippen molar-refractivity contribution in [3.05, 3.63) is 28.1 Å². The second kappa shape index (κ2) is 8.45. The molecular weight excluding hydrogens is 462 g/mol. The van der Waals surface area contributed by atoms with Crippen LogP contribution in [0, 0.1) is 6.92 Å². The van der Waals surface area contributed by atoms with Crippen LogP contribution in [0.1, 0.15) is 71.6 Å². The van der Waals surface area contributed by atoms with Crippen LogP contribution >= 0.6 is 15.9 Å². The van der Waals surface area contributed by atoms with Crippen molar-refractivity contribution in [3.63, 3.8) is 0 Å². The summed E-state index contributed by atoms with van der Waals surface area (Å²) < 4.78 is 13.4. The van der Waals surface area contributed by atoms with Gasteiger partial charge in [-0.05, 0) is 82.8 Å². The van der Waals surface area contributed by atoms with Crippen molar-refractivity contribution < 1.29 is 19.1 Å². The summed E-state index contributed by atoms with van der Waals surface area (Å²) >= 11 is 3.61. The molecule has 3 heterocycles. The maximum absolute atomic E-state index is 12.6. The summed E-state index contributed by atoms with van der Waals surface area (Å²) in [4.78, 5) is 31.5. The van der Waals surface area contributed by atoms with E-state index in [1.54, 1.807) is 17.3 Å². The Morgan fingerprint density at radius 1 is 1.03 bits per heavy atom. The van der Waals surface area contributed by atoms with Gasteiger partial charge in [-0.15, -0.1) is 0 Å². The molecule has 0 N–H and O–H groups in total. The van der Waals surface area contributed by atoms with E-state index in [0.717, 1.165) is 34.0 Å². The van der Waals surface area contributed by atoms with Gasteiger partial charge in [-0.25, -0.2) is 14.2 Å². The Morgan fingerprint density at radius 2 is 1.58 bits per heavy atom. The van der Waals surface area contributed by atoms with Crippen molar-refractivity contribution in [2.75, 3.05) is 13.1 Å². The van der Waals surface area contributed by atoms with E-state index in [-0.39, 0.29) is 12.0 Å². The normalized spacial score (nSPS) is 15.9. The zero-order valence-electron chi connectivity index (χ0n) is 19.4. The number of aromatic nitrogens is 2. The van der Waals surface area contributed by atoms with Gasteiger partial charge in [0.1, 0.15) is 11.2 Å². The molecule has 1 aliphatic rings. The highest BCUT2D eigenvalue weighted by Gasteiger charge is 2.30. The van der Waals surface area contributed by atoms with E-state index in [4.69, 9.17) is 14.5 Å². The molecule has 1 aliphatic heterocycles. The number of halogens is 1. The highest BCUT2D eigenvalue weighted by Crippen LogP contribution is 2.36. The maximum Gasteiger partial charge on any atom is 0.419 e. The fraction of sp³-hybridized carbons (Fsp3) is 0.609. The van der Waals surface area contributed by atoms with Gasteiger partial charge in [0.25, 0.3) is 0 Å². The minimum atomic E-state index is -0.579. The van der Waals surface area contributed by atoms with Crippen molar-refractivity contribution in [2.45, 2.75) is 78.4 Å². The Labute approximate surface area is 192 Å². The summed E-state index contributed by atoms with van der Waals surface area (Å²) in [6.07, 6.45) is 4.44. The second-order valence-corrected chi connectivity index (χ2v) is 11.0. The molecule has 0 bridgehead atoms. The van der Waals surface area contributed by atoms with Gasteiger partial charge in [-0.1, -0.05) is 0 Å². The third-order valence-corrected chi connectivity index (χ3v) is 5.81. The van der Waals surface area contributed by atoms with Crippen molar-refractivity contribution in [3.8, 4) is 0 Å². The molecule has 0 aliphatic carbocycles. The molecule has 1 amide bonds. The lowest BCUT2D eigenvalue weighted by atomic mass is 9.90. The lowest BCUT2D eigenvalue weighted by Crippen LogP contribution is -2.41. The molecule has 170 valence electrons. The van der Waals surface area contributed by atoms with Gasteiger partial charge in [0.15, 0.2) is 0 Å². The SMILES string of the molecule is Cc1c(C2CCN(C(=O)OC(C)(C)C)CC2)ncc2c1c(Br)cn2C(=O)OC(C)(C)C. The first-order valence-electron chi connectivity index (χ1n) is 10.6. The lowest BCUT2D eigenvalue weighted by molar-refractivity contribution is 0.0203. The van der Waals surface area contributed by atoms with E-state index in [2.05, 4.69) is 15.9 Å². The molecule has 3 rings (SSSR count). The number of carbonyl (C=O) groups excluding carboxylic acids is 2. The van der Waals surface area contributed by atoms with Gasteiger partial charge in [0.2, 0.25) is 0 Å². The Balaban J connectivity index is 1.81. The number of piperidine rings is 1. The Hall–Kier alpha value is -2.09. The summed E-state index contributed by atoms with van der Waals surface area (Å²) in [6.45, 7) is 14.5. The molecule has 1 fully saturated rings. The minimum absolute atomic E-state index is 0.250. The minimum Gasteiger partial charge on any atom is -0.444 e. The first-order chi connectivity index (χ1) is 14.3. The second-order valence-electron chi connectivity index (χ2n) is 10.1. The van der Waals surface area contributed by atoms with Crippen LogP contribution in [0.2, 0.25) is 0 Å². The monoisotopic (exact) mass is 493 g/mol. The quantitative estimate of drug-likeness (QED) is 0.486. The van der Waals surface area contributed by atoms with Crippen molar-refractivity contribution in [2.24, 2.45) is 0 Å². The van der Waals surface area contributed by atoms with E-state index in [9.17, 15) is 9.59 Å². The molecule has 1 saturated heterocycles. The van der Waals surface area contributed by atoms with E-state index in [0.29, 0.717) is 18.6 Å². The van der Waals surface area contributed by atoms with E-state index >= 15 is 0 Å². The average molecular weight is 494 g/mol. The molecule has 8 heteroatoms. The predicted molar refractivity (Wildman–Crippen MR) is 124 cm³/mol. The highest BCUT2D eigenvalue weighted by molar-refractivity contribution is 9.10. The lowest BCUT2D eigenvalue weighted by Gasteiger charge is -2.33. The van der Waals surface area contributed by atoms with Crippen LogP contribution in [0.3, 0.4) is 0 Å². The summed E-state index contributed by atoms with van der Waals surface area (Å²) in [6, 6.07) is 0. The first-order valence-corrected chi connectivity index (χ1v) is 11.4. The fourth-order valence-electron chi connectivity index (χ4n) is 3.88. The number of hydrogen-bond acceptors (Lipinski definition) is 5. The summed E-state index contributed by atoms with van der Waals surface area (Å²) in [5, 5.41) is 0.963. The molecule has 31 heavy (non-hydrogen) atoms. The zero-order valence-corrected chi connectivity index (χ0v) is 21.0. The van der Waals surface area contributed by atoms with Crippen LogP contribution in [0.4, 0.5) is 9.59 Å². The van der Waals surface area contributed by atoms with Crippen LogP contribution in [0.15, 0.2) is 16.9 Å². The van der Waals surface area contributed by atoms with Gasteiger partial charge in [-0.2, -0.15) is 0 Å². The van der Waals surface area contributed by atoms with E-state index in [1.807, 2.05) is 48.5 Å². The smallest absolute Gasteiger partial charge is 0.419 e. The van der Waals surface area contributed by atoms with Crippen LogP contribution in [0.25, 0.3) is 10.9 Å². The molecule has 2 aromatic heterocycles. The summed E-state index contributed by atoms with van der Waals surface area (Å²) in [5.74, 6) is 0.250. The third kappa shape index (κ3) is 5.40. The molecule has 0 radical (unpaired) electrons. The summed E-state index contributed by atoms with van der Waals surface area (Å²) in [5.41, 5.74) is 1.70. The number of likely N-dealkylation sites (tertiary alicyclic amines) is 1. The Kier molecular flexibility index (Phi) is 6.42. The van der Waals surface area contributed by atoms with Gasteiger partial charge in [0, 0.05) is 40.8 Å². The van der Waals surface area contributed by atoms with Crippen molar-refractivity contribution in [1.29, 1.82) is 0 Å². The standard InChI is InChI=1S/C23H32BrN3O4/c1-14-18-16(24)13-27(21(29)31-23(5,6)7)17(18)12-25-19(14)15-8-10-26(11-9-15)20(28)30-22(2,3)4/h12-13,15H,8-11H2,1-7H3. The average Bonchev–Trinajstić information content (AvgIpc) is 2.97. The number of amides is 1. The molecule has 0 atom stereocenters. The molecule has 7 nitrogen and oxygen atoms in total. The first kappa shape index (κ1) is 23.6. The number of fused-ring (bicyclic) bond motifs is 1. The van der Waals surface area contributed by atoms with Crippen LogP contribution in [-0.4, -0.2) is 50.9 Å². The number of aryl methyl sites for hydroxylation is 1. The predicted octanol–water partition coefficient (Wildman–Crippen LogP) is 6.00. The van der Waals surface area contributed by atoms with Gasteiger partial charge < -0.3 is 14.4 Å². The largest absolute Gasteiger partial charge is 0.444 e. The molecule has 2 aromatic rings. The Morgan fingerprint density at radius 3 is 2.13 bits per heavy atom. The number of hydrogen-bond donors (Lipinski definition) is 0. The molecule has 0 unspecified atom stereocenters. The molecule has 0 aromatic carbocycles. The summed E-state index contributed by atoms with van der Waals surface area (Å²) in [7, 11) is 0. The number of carbonyl (C=O) groups is 2. The number of ether oxygens (including phenoxy) is 2. The zero-order chi connectivity index (χ0) is 23.1. The van der Waals surface area contributed by atoms with Crippen LogP contribution in [0.5, 0.6) is 0 Å². The molecular formula is C23H32BrN3O4. The topological polar surface area (TPSA) is 73.7 Å². The van der Waals surface area contributed by atoms with E-state index < -0.39 is 17.3 Å². The Bertz CT molecular complexity index is 993. The number of rotatable bonds is 1. The van der Waals surface area contributed by atoms with Gasteiger partial charge in [0.05, 0.1) is 11.7 Å². The number of pyridine rings is 1. The molecule has 0 spiro atoms. The maximum atomic E-state index is 12.6. The van der Waals surface area contributed by atoms with Crippen molar-refractivity contribution in [1.82, 2.24) is 14.5 Å². The highest BCUT2D eigenvalue weighted by atomic mass is 79.9. The van der Waals surface area contributed by atoms with Gasteiger partial charge in [-0.3, -0.25) is 4.98 Å². The number of nitrogens with zero attached hydrogens (tertiary/aromatic N) is 3. The van der Waals surface area contributed by atoms with Crippen LogP contribution in [-0.2, 0) is 9.47 Å². The fourth-order valence-corrected chi connectivity index (χ4v) is 4.58. The van der Waals surface area contributed by atoms with Crippen LogP contribution < -0.4 is 0 Å². The van der Waals surface area contributed by atoms with Gasteiger partial charge >= 0.3 is 12.2 Å². The van der Waals surface area contributed by atoms with Crippen molar-refractivity contribution >= 4 is 39.0 Å². The molecule has 0 saturated carbocycles. The third-order valence-electron chi connectivity index (χ3n) is 5.21.